The Balaban J connectivity index is 2.70. The van der Waals surface area contributed by atoms with Crippen molar-refractivity contribution < 1.29 is 14.3 Å². The highest BCUT2D eigenvalue weighted by atomic mass is 16.5. The summed E-state index contributed by atoms with van der Waals surface area (Å²) >= 11 is 0. The average molecular weight is 280 g/mol. The SMILES string of the molecule is COc1ccc(CC(=O)N(C)CC(C)CN)cc1OC. The van der Waals surface area contributed by atoms with Crippen molar-refractivity contribution in [1.82, 2.24) is 4.90 Å². The highest BCUT2D eigenvalue weighted by Crippen LogP contribution is 2.27. The van der Waals surface area contributed by atoms with E-state index in [4.69, 9.17) is 15.2 Å². The molecule has 1 rings (SSSR count). The Morgan fingerprint density at radius 1 is 1.30 bits per heavy atom. The zero-order valence-electron chi connectivity index (χ0n) is 12.7. The lowest BCUT2D eigenvalue weighted by Crippen LogP contribution is -2.34. The van der Waals surface area contributed by atoms with Gasteiger partial charge in [0, 0.05) is 13.6 Å². The van der Waals surface area contributed by atoms with E-state index in [0.29, 0.717) is 36.9 Å². The summed E-state index contributed by atoms with van der Waals surface area (Å²) in [5.74, 6) is 1.66. The Kier molecular flexibility index (Phi) is 6.31. The third-order valence-corrected chi connectivity index (χ3v) is 3.22. The Labute approximate surface area is 120 Å². The van der Waals surface area contributed by atoms with E-state index in [9.17, 15) is 4.79 Å². The molecular weight excluding hydrogens is 256 g/mol. The van der Waals surface area contributed by atoms with Crippen LogP contribution in [0.5, 0.6) is 11.5 Å². The smallest absolute Gasteiger partial charge is 0.226 e. The van der Waals surface area contributed by atoms with Crippen LogP contribution in [-0.2, 0) is 11.2 Å². The quantitative estimate of drug-likeness (QED) is 0.817. The normalized spacial score (nSPS) is 11.8. The minimum Gasteiger partial charge on any atom is -0.493 e. The number of nitrogens with zero attached hydrogens (tertiary/aromatic N) is 1. The average Bonchev–Trinajstić information content (AvgIpc) is 2.46. The zero-order valence-corrected chi connectivity index (χ0v) is 12.7. The second-order valence-corrected chi connectivity index (χ2v) is 4.98. The molecule has 20 heavy (non-hydrogen) atoms. The van der Waals surface area contributed by atoms with Crippen molar-refractivity contribution in [3.8, 4) is 11.5 Å². The number of benzene rings is 1. The number of amides is 1. The fourth-order valence-electron chi connectivity index (χ4n) is 1.94. The van der Waals surface area contributed by atoms with Crippen LogP contribution in [0.4, 0.5) is 0 Å². The molecule has 5 nitrogen and oxygen atoms in total. The van der Waals surface area contributed by atoms with Crippen LogP contribution < -0.4 is 15.2 Å². The van der Waals surface area contributed by atoms with Crippen LogP contribution >= 0.6 is 0 Å². The van der Waals surface area contributed by atoms with Gasteiger partial charge >= 0.3 is 0 Å². The van der Waals surface area contributed by atoms with Gasteiger partial charge in [0.15, 0.2) is 11.5 Å². The maximum absolute atomic E-state index is 12.1. The van der Waals surface area contributed by atoms with Crippen LogP contribution in [0.1, 0.15) is 12.5 Å². The highest BCUT2D eigenvalue weighted by Gasteiger charge is 2.13. The first-order valence-corrected chi connectivity index (χ1v) is 6.66. The molecule has 0 saturated heterocycles. The number of carbonyl (C=O) groups is 1. The van der Waals surface area contributed by atoms with Gasteiger partial charge in [-0.15, -0.1) is 0 Å². The molecule has 0 radical (unpaired) electrons. The lowest BCUT2D eigenvalue weighted by molar-refractivity contribution is -0.129. The first kappa shape index (κ1) is 16.3. The van der Waals surface area contributed by atoms with Crippen LogP contribution in [0.2, 0.25) is 0 Å². The van der Waals surface area contributed by atoms with E-state index in [1.165, 1.54) is 0 Å². The van der Waals surface area contributed by atoms with Gasteiger partial charge in [-0.25, -0.2) is 0 Å². The standard InChI is InChI=1S/C15H24N2O3/c1-11(9-16)10-17(2)15(18)8-12-5-6-13(19-3)14(7-12)20-4/h5-7,11H,8-10,16H2,1-4H3. The number of methoxy groups -OCH3 is 2. The van der Waals surface area contributed by atoms with E-state index < -0.39 is 0 Å². The minimum atomic E-state index is 0.0671. The van der Waals surface area contributed by atoms with Crippen LogP contribution in [0.3, 0.4) is 0 Å². The summed E-state index contributed by atoms with van der Waals surface area (Å²) in [6.45, 7) is 3.27. The number of carbonyl (C=O) groups excluding carboxylic acids is 1. The highest BCUT2D eigenvalue weighted by molar-refractivity contribution is 5.78. The minimum absolute atomic E-state index is 0.0671. The third kappa shape index (κ3) is 4.42. The molecular formula is C15H24N2O3. The fraction of sp³-hybridized carbons (Fsp3) is 0.533. The molecule has 1 aromatic carbocycles. The molecule has 0 aliphatic carbocycles. The van der Waals surface area contributed by atoms with Crippen molar-refractivity contribution >= 4 is 5.91 Å². The van der Waals surface area contributed by atoms with Crippen molar-refractivity contribution in [2.75, 3.05) is 34.4 Å². The molecule has 0 spiro atoms. The topological polar surface area (TPSA) is 64.8 Å². The van der Waals surface area contributed by atoms with Gasteiger partial charge in [0.1, 0.15) is 0 Å². The van der Waals surface area contributed by atoms with E-state index in [-0.39, 0.29) is 5.91 Å². The van der Waals surface area contributed by atoms with E-state index in [1.807, 2.05) is 25.1 Å². The molecule has 112 valence electrons. The van der Waals surface area contributed by atoms with Crippen LogP contribution in [-0.4, -0.2) is 45.2 Å². The summed E-state index contributed by atoms with van der Waals surface area (Å²) < 4.78 is 10.4. The van der Waals surface area contributed by atoms with Gasteiger partial charge in [-0.2, -0.15) is 0 Å². The van der Waals surface area contributed by atoms with Gasteiger partial charge < -0.3 is 20.1 Å². The number of hydrogen-bond acceptors (Lipinski definition) is 4. The monoisotopic (exact) mass is 280 g/mol. The summed E-state index contributed by atoms with van der Waals surface area (Å²) in [7, 11) is 4.97. The third-order valence-electron chi connectivity index (χ3n) is 3.22. The van der Waals surface area contributed by atoms with Crippen molar-refractivity contribution in [3.63, 3.8) is 0 Å². The number of hydrogen-bond donors (Lipinski definition) is 1. The molecule has 0 aliphatic rings. The second-order valence-electron chi connectivity index (χ2n) is 4.98. The Morgan fingerprint density at radius 3 is 2.50 bits per heavy atom. The zero-order chi connectivity index (χ0) is 15.1. The molecule has 1 atom stereocenters. The number of ether oxygens (including phenoxy) is 2. The molecule has 1 amide bonds. The summed E-state index contributed by atoms with van der Waals surface area (Å²) in [5.41, 5.74) is 6.48. The molecule has 0 fully saturated rings. The van der Waals surface area contributed by atoms with E-state index in [1.54, 1.807) is 26.2 Å². The van der Waals surface area contributed by atoms with E-state index in [0.717, 1.165) is 5.56 Å². The predicted molar refractivity (Wildman–Crippen MR) is 79.1 cm³/mol. The molecule has 5 heteroatoms. The van der Waals surface area contributed by atoms with Crippen LogP contribution in [0.25, 0.3) is 0 Å². The first-order valence-electron chi connectivity index (χ1n) is 6.66. The van der Waals surface area contributed by atoms with Crippen molar-refractivity contribution in [2.24, 2.45) is 11.7 Å². The molecule has 0 heterocycles. The van der Waals surface area contributed by atoms with Gasteiger partial charge in [-0.05, 0) is 30.2 Å². The Bertz CT molecular complexity index is 449. The van der Waals surface area contributed by atoms with Crippen molar-refractivity contribution in [3.05, 3.63) is 23.8 Å². The van der Waals surface area contributed by atoms with Gasteiger partial charge in [0.05, 0.1) is 20.6 Å². The molecule has 2 N–H and O–H groups in total. The molecule has 0 aliphatic heterocycles. The summed E-state index contributed by atoms with van der Waals surface area (Å²) in [4.78, 5) is 13.8. The molecule has 1 aromatic rings. The molecule has 0 bridgehead atoms. The van der Waals surface area contributed by atoms with Gasteiger partial charge in [0.2, 0.25) is 5.91 Å². The summed E-state index contributed by atoms with van der Waals surface area (Å²) in [6, 6.07) is 5.51. The van der Waals surface area contributed by atoms with E-state index >= 15 is 0 Å². The van der Waals surface area contributed by atoms with Crippen molar-refractivity contribution in [1.29, 1.82) is 0 Å². The van der Waals surface area contributed by atoms with Gasteiger partial charge in [-0.3, -0.25) is 4.79 Å². The number of likely N-dealkylation sites (N-methyl/N-ethyl adjacent to an activating group) is 1. The van der Waals surface area contributed by atoms with E-state index in [2.05, 4.69) is 0 Å². The second kappa shape index (κ2) is 7.75. The first-order chi connectivity index (χ1) is 9.51. The van der Waals surface area contributed by atoms with Crippen molar-refractivity contribution in [2.45, 2.75) is 13.3 Å². The van der Waals surface area contributed by atoms with Crippen LogP contribution in [0, 0.1) is 5.92 Å². The van der Waals surface area contributed by atoms with Gasteiger partial charge in [0.25, 0.3) is 0 Å². The lowest BCUT2D eigenvalue weighted by atomic mass is 10.1. The number of rotatable bonds is 7. The molecule has 0 aromatic heterocycles. The van der Waals surface area contributed by atoms with Gasteiger partial charge in [-0.1, -0.05) is 13.0 Å². The lowest BCUT2D eigenvalue weighted by Gasteiger charge is -2.21. The Hall–Kier alpha value is -1.75. The Morgan fingerprint density at radius 2 is 1.95 bits per heavy atom. The number of nitrogens with two attached hydrogens (primary N) is 1. The maximum atomic E-state index is 12.1. The largest absolute Gasteiger partial charge is 0.493 e. The van der Waals surface area contributed by atoms with Crippen LogP contribution in [0.15, 0.2) is 18.2 Å². The molecule has 0 saturated carbocycles. The molecule has 1 unspecified atom stereocenters. The summed E-state index contributed by atoms with van der Waals surface area (Å²) in [6.07, 6.45) is 0.341. The maximum Gasteiger partial charge on any atom is 0.226 e. The fourth-order valence-corrected chi connectivity index (χ4v) is 1.94. The predicted octanol–water partition coefficient (Wildman–Crippen LogP) is 1.30. The summed E-state index contributed by atoms with van der Waals surface area (Å²) in [5, 5.41) is 0.